The largest absolute Gasteiger partial charge is 0.393 e. The van der Waals surface area contributed by atoms with Crippen LogP contribution in [0.15, 0.2) is 30.3 Å². The van der Waals surface area contributed by atoms with Crippen molar-refractivity contribution in [3.8, 4) is 0 Å². The van der Waals surface area contributed by atoms with Crippen LogP contribution >= 0.6 is 0 Å². The van der Waals surface area contributed by atoms with Gasteiger partial charge in [0, 0.05) is 18.6 Å². The standard InChI is InChI=1S/C16H26N2O/c1-18(2)12-16(13-6-4-3-5-7-13)17-14-8-10-15(19)11-9-14/h3-7,14-17,19H,8-12H2,1-2H3. The second kappa shape index (κ2) is 7.04. The zero-order valence-corrected chi connectivity index (χ0v) is 12.0. The van der Waals surface area contributed by atoms with Crippen molar-refractivity contribution in [1.82, 2.24) is 10.2 Å². The van der Waals surface area contributed by atoms with Gasteiger partial charge < -0.3 is 15.3 Å². The van der Waals surface area contributed by atoms with E-state index in [4.69, 9.17) is 0 Å². The molecule has 1 saturated carbocycles. The highest BCUT2D eigenvalue weighted by molar-refractivity contribution is 5.19. The van der Waals surface area contributed by atoms with E-state index in [1.165, 1.54) is 5.56 Å². The van der Waals surface area contributed by atoms with Gasteiger partial charge in [-0.25, -0.2) is 0 Å². The maximum absolute atomic E-state index is 9.59. The number of nitrogens with one attached hydrogen (secondary N) is 1. The molecule has 0 radical (unpaired) electrons. The summed E-state index contributed by atoms with van der Waals surface area (Å²) in [5.74, 6) is 0. The van der Waals surface area contributed by atoms with E-state index in [1.54, 1.807) is 0 Å². The number of hydrogen-bond acceptors (Lipinski definition) is 3. The Balaban J connectivity index is 1.98. The summed E-state index contributed by atoms with van der Waals surface area (Å²) in [5, 5.41) is 13.4. The van der Waals surface area contributed by atoms with Gasteiger partial charge in [-0.15, -0.1) is 0 Å². The van der Waals surface area contributed by atoms with E-state index in [2.05, 4.69) is 54.6 Å². The summed E-state index contributed by atoms with van der Waals surface area (Å²) in [5.41, 5.74) is 1.35. The molecule has 0 heterocycles. The first kappa shape index (κ1) is 14.5. The van der Waals surface area contributed by atoms with Crippen molar-refractivity contribution in [3.63, 3.8) is 0 Å². The molecule has 1 fully saturated rings. The van der Waals surface area contributed by atoms with Crippen LogP contribution in [0, 0.1) is 0 Å². The quantitative estimate of drug-likeness (QED) is 0.854. The van der Waals surface area contributed by atoms with Crippen LogP contribution in [0.3, 0.4) is 0 Å². The topological polar surface area (TPSA) is 35.5 Å². The van der Waals surface area contributed by atoms with E-state index in [0.717, 1.165) is 32.2 Å². The first-order valence-electron chi connectivity index (χ1n) is 7.29. The molecule has 0 saturated heterocycles. The molecule has 1 aliphatic rings. The summed E-state index contributed by atoms with van der Waals surface area (Å²) < 4.78 is 0. The first-order chi connectivity index (χ1) is 9.15. The van der Waals surface area contributed by atoms with Crippen LogP contribution in [0.4, 0.5) is 0 Å². The van der Waals surface area contributed by atoms with E-state index in [9.17, 15) is 5.11 Å². The fraction of sp³-hybridized carbons (Fsp3) is 0.625. The minimum Gasteiger partial charge on any atom is -0.393 e. The van der Waals surface area contributed by atoms with Gasteiger partial charge in [0.1, 0.15) is 0 Å². The van der Waals surface area contributed by atoms with Crippen LogP contribution in [0.2, 0.25) is 0 Å². The average Bonchev–Trinajstić information content (AvgIpc) is 2.41. The Bertz CT molecular complexity index is 358. The number of aliphatic hydroxyl groups excluding tert-OH is 1. The number of likely N-dealkylation sites (N-methyl/N-ethyl adjacent to an activating group) is 1. The Morgan fingerprint density at radius 3 is 2.37 bits per heavy atom. The van der Waals surface area contributed by atoms with Crippen molar-refractivity contribution in [2.24, 2.45) is 0 Å². The molecule has 2 N–H and O–H groups in total. The molecule has 3 nitrogen and oxygen atoms in total. The van der Waals surface area contributed by atoms with Gasteiger partial charge in [-0.1, -0.05) is 30.3 Å². The second-order valence-corrected chi connectivity index (χ2v) is 5.90. The Hall–Kier alpha value is -0.900. The summed E-state index contributed by atoms with van der Waals surface area (Å²) >= 11 is 0. The maximum atomic E-state index is 9.59. The van der Waals surface area contributed by atoms with Crippen LogP contribution in [0.25, 0.3) is 0 Å². The molecule has 1 unspecified atom stereocenters. The van der Waals surface area contributed by atoms with Gasteiger partial charge >= 0.3 is 0 Å². The van der Waals surface area contributed by atoms with Crippen LogP contribution in [0.1, 0.15) is 37.3 Å². The van der Waals surface area contributed by atoms with Gasteiger partial charge in [0.05, 0.1) is 6.10 Å². The lowest BCUT2D eigenvalue weighted by atomic mass is 9.92. The highest BCUT2D eigenvalue weighted by Gasteiger charge is 2.22. The number of hydrogen-bond donors (Lipinski definition) is 2. The van der Waals surface area contributed by atoms with E-state index in [-0.39, 0.29) is 6.10 Å². The molecule has 0 aliphatic heterocycles. The molecule has 0 bridgehead atoms. The van der Waals surface area contributed by atoms with E-state index >= 15 is 0 Å². The van der Waals surface area contributed by atoms with Gasteiger partial charge in [0.2, 0.25) is 0 Å². The molecule has 3 heteroatoms. The van der Waals surface area contributed by atoms with Crippen molar-refractivity contribution in [2.75, 3.05) is 20.6 Å². The van der Waals surface area contributed by atoms with Gasteiger partial charge in [-0.3, -0.25) is 0 Å². The zero-order valence-electron chi connectivity index (χ0n) is 12.0. The molecule has 106 valence electrons. The predicted molar refractivity (Wildman–Crippen MR) is 79.1 cm³/mol. The predicted octanol–water partition coefficient (Wildman–Crippen LogP) is 2.18. The summed E-state index contributed by atoms with van der Waals surface area (Å²) in [7, 11) is 4.23. The molecule has 1 aliphatic carbocycles. The number of rotatable bonds is 5. The fourth-order valence-corrected chi connectivity index (χ4v) is 2.83. The van der Waals surface area contributed by atoms with Crippen LogP contribution in [-0.2, 0) is 0 Å². The molecule has 19 heavy (non-hydrogen) atoms. The fourth-order valence-electron chi connectivity index (χ4n) is 2.83. The molecule has 0 aromatic heterocycles. The SMILES string of the molecule is CN(C)CC(NC1CCC(O)CC1)c1ccccc1. The van der Waals surface area contributed by atoms with E-state index < -0.39 is 0 Å². The Morgan fingerprint density at radius 2 is 1.79 bits per heavy atom. The lowest BCUT2D eigenvalue weighted by Gasteiger charge is -2.32. The van der Waals surface area contributed by atoms with Crippen LogP contribution < -0.4 is 5.32 Å². The third-order valence-electron chi connectivity index (χ3n) is 3.88. The molecule has 0 amide bonds. The maximum Gasteiger partial charge on any atom is 0.0541 e. The molecule has 1 aromatic carbocycles. The highest BCUT2D eigenvalue weighted by Crippen LogP contribution is 2.22. The van der Waals surface area contributed by atoms with E-state index in [0.29, 0.717) is 12.1 Å². The summed E-state index contributed by atoms with van der Waals surface area (Å²) in [4.78, 5) is 2.22. The van der Waals surface area contributed by atoms with Gasteiger partial charge in [-0.05, 0) is 45.3 Å². The first-order valence-corrected chi connectivity index (χ1v) is 7.29. The van der Waals surface area contributed by atoms with E-state index in [1.807, 2.05) is 0 Å². The van der Waals surface area contributed by atoms with Gasteiger partial charge in [-0.2, -0.15) is 0 Å². The third kappa shape index (κ3) is 4.60. The normalized spacial score (nSPS) is 25.5. The van der Waals surface area contributed by atoms with Crippen LogP contribution in [-0.4, -0.2) is 42.8 Å². The minimum atomic E-state index is -0.0814. The molecular weight excluding hydrogens is 236 g/mol. The molecule has 2 rings (SSSR count). The summed E-state index contributed by atoms with van der Waals surface area (Å²) in [6.45, 7) is 1.00. The van der Waals surface area contributed by atoms with Crippen molar-refractivity contribution < 1.29 is 5.11 Å². The second-order valence-electron chi connectivity index (χ2n) is 5.90. The molecule has 1 atom stereocenters. The molecule has 1 aromatic rings. The Labute approximate surface area is 116 Å². The monoisotopic (exact) mass is 262 g/mol. The average molecular weight is 262 g/mol. The number of nitrogens with zero attached hydrogens (tertiary/aromatic N) is 1. The lowest BCUT2D eigenvalue weighted by Crippen LogP contribution is -2.40. The highest BCUT2D eigenvalue weighted by atomic mass is 16.3. The Morgan fingerprint density at radius 1 is 1.16 bits per heavy atom. The molecule has 0 spiro atoms. The summed E-state index contributed by atoms with van der Waals surface area (Å²) in [6, 6.07) is 11.6. The minimum absolute atomic E-state index is 0.0814. The number of aliphatic hydroxyl groups is 1. The third-order valence-corrected chi connectivity index (χ3v) is 3.88. The molecular formula is C16H26N2O. The lowest BCUT2D eigenvalue weighted by molar-refractivity contribution is 0.113. The number of benzene rings is 1. The zero-order chi connectivity index (χ0) is 13.7. The Kier molecular flexibility index (Phi) is 5.37. The van der Waals surface area contributed by atoms with Crippen molar-refractivity contribution >= 4 is 0 Å². The van der Waals surface area contributed by atoms with Crippen LogP contribution in [0.5, 0.6) is 0 Å². The van der Waals surface area contributed by atoms with Crippen molar-refractivity contribution in [1.29, 1.82) is 0 Å². The van der Waals surface area contributed by atoms with Crippen molar-refractivity contribution in [3.05, 3.63) is 35.9 Å². The van der Waals surface area contributed by atoms with Gasteiger partial charge in [0.25, 0.3) is 0 Å². The van der Waals surface area contributed by atoms with Gasteiger partial charge in [0.15, 0.2) is 0 Å². The van der Waals surface area contributed by atoms with Crippen molar-refractivity contribution in [2.45, 2.75) is 43.9 Å². The summed E-state index contributed by atoms with van der Waals surface area (Å²) in [6.07, 6.45) is 3.94. The smallest absolute Gasteiger partial charge is 0.0541 e.